The highest BCUT2D eigenvalue weighted by Gasteiger charge is 2.21. The van der Waals surface area contributed by atoms with E-state index in [4.69, 9.17) is 0 Å². The van der Waals surface area contributed by atoms with Crippen LogP contribution >= 0.6 is 0 Å². The second-order valence-corrected chi connectivity index (χ2v) is 6.44. The summed E-state index contributed by atoms with van der Waals surface area (Å²) in [6, 6.07) is 25.0. The van der Waals surface area contributed by atoms with Crippen LogP contribution < -0.4 is 10.6 Å². The monoisotopic (exact) mass is 375 g/mol. The number of anilines is 1. The lowest BCUT2D eigenvalue weighted by molar-refractivity contribution is -0.384. The molecule has 0 aromatic heterocycles. The highest BCUT2D eigenvalue weighted by atomic mass is 16.6. The summed E-state index contributed by atoms with van der Waals surface area (Å²) >= 11 is 0. The lowest BCUT2D eigenvalue weighted by atomic mass is 9.98. The van der Waals surface area contributed by atoms with Crippen LogP contribution in [0.4, 0.5) is 11.4 Å². The molecule has 0 fully saturated rings. The topological polar surface area (TPSA) is 84.3 Å². The third-order valence-electron chi connectivity index (χ3n) is 4.42. The summed E-state index contributed by atoms with van der Waals surface area (Å²) in [7, 11) is 0. The summed E-state index contributed by atoms with van der Waals surface area (Å²) in [6.07, 6.45) is 0. The van der Waals surface area contributed by atoms with Crippen molar-refractivity contribution in [1.29, 1.82) is 0 Å². The standard InChI is InChI=1S/C22H21N3O3/c1-16(22(26)24-19-12-14-20(15-13-19)25(27)28)23-21(17-8-4-2-5-9-17)18-10-6-3-7-11-18/h2-16,21,23H,1H3,(H,24,26). The number of nitro groups is 1. The molecule has 2 N–H and O–H groups in total. The molecule has 3 aromatic rings. The highest BCUT2D eigenvalue weighted by molar-refractivity contribution is 5.94. The van der Waals surface area contributed by atoms with Crippen LogP contribution in [0.5, 0.6) is 0 Å². The Balaban J connectivity index is 1.73. The van der Waals surface area contributed by atoms with Gasteiger partial charge in [-0.25, -0.2) is 0 Å². The molecule has 0 radical (unpaired) electrons. The van der Waals surface area contributed by atoms with Gasteiger partial charge in [0.25, 0.3) is 5.69 Å². The minimum Gasteiger partial charge on any atom is -0.325 e. The van der Waals surface area contributed by atoms with E-state index in [0.29, 0.717) is 5.69 Å². The summed E-state index contributed by atoms with van der Waals surface area (Å²) in [6.45, 7) is 1.79. The van der Waals surface area contributed by atoms with Crippen molar-refractivity contribution in [2.24, 2.45) is 0 Å². The maximum Gasteiger partial charge on any atom is 0.269 e. The summed E-state index contributed by atoms with van der Waals surface area (Å²) in [5.41, 5.74) is 2.62. The quantitative estimate of drug-likeness (QED) is 0.476. The smallest absolute Gasteiger partial charge is 0.269 e. The van der Waals surface area contributed by atoms with Gasteiger partial charge >= 0.3 is 0 Å². The van der Waals surface area contributed by atoms with Crippen LogP contribution in [-0.2, 0) is 4.79 Å². The first-order valence-electron chi connectivity index (χ1n) is 8.96. The predicted octanol–water partition coefficient (Wildman–Crippen LogP) is 4.30. The van der Waals surface area contributed by atoms with Gasteiger partial charge in [-0.2, -0.15) is 0 Å². The van der Waals surface area contributed by atoms with Crippen LogP contribution in [0.1, 0.15) is 24.1 Å². The molecule has 0 spiro atoms. The minimum absolute atomic E-state index is 0.0163. The molecule has 28 heavy (non-hydrogen) atoms. The van der Waals surface area contributed by atoms with Gasteiger partial charge in [-0.15, -0.1) is 0 Å². The SMILES string of the molecule is CC(NC(c1ccccc1)c1ccccc1)C(=O)Nc1ccc([N+](=O)[O-])cc1. The first kappa shape index (κ1) is 19.3. The van der Waals surface area contributed by atoms with E-state index in [1.807, 2.05) is 60.7 Å². The molecule has 0 aliphatic rings. The van der Waals surface area contributed by atoms with Crippen molar-refractivity contribution in [3.63, 3.8) is 0 Å². The molecular formula is C22H21N3O3. The number of nitrogens with zero attached hydrogens (tertiary/aromatic N) is 1. The molecule has 0 heterocycles. The van der Waals surface area contributed by atoms with Crippen molar-refractivity contribution in [2.75, 3.05) is 5.32 Å². The number of nitro benzene ring substituents is 1. The number of carbonyl (C=O) groups excluding carboxylic acids is 1. The maximum absolute atomic E-state index is 12.6. The van der Waals surface area contributed by atoms with Gasteiger partial charge in [-0.3, -0.25) is 20.2 Å². The van der Waals surface area contributed by atoms with Crippen LogP contribution in [0.2, 0.25) is 0 Å². The number of rotatable bonds is 7. The Hall–Kier alpha value is -3.51. The molecule has 0 saturated carbocycles. The zero-order valence-electron chi connectivity index (χ0n) is 15.4. The average Bonchev–Trinajstić information content (AvgIpc) is 2.73. The van der Waals surface area contributed by atoms with Crippen molar-refractivity contribution in [1.82, 2.24) is 5.32 Å². The normalized spacial score (nSPS) is 11.8. The van der Waals surface area contributed by atoms with E-state index in [1.54, 1.807) is 6.92 Å². The van der Waals surface area contributed by atoms with Gasteiger partial charge in [0.1, 0.15) is 0 Å². The lowest BCUT2D eigenvalue weighted by Gasteiger charge is -2.24. The zero-order chi connectivity index (χ0) is 19.9. The van der Waals surface area contributed by atoms with Gasteiger partial charge in [-0.05, 0) is 30.2 Å². The van der Waals surface area contributed by atoms with Crippen LogP contribution in [0, 0.1) is 10.1 Å². The molecule has 1 unspecified atom stereocenters. The first-order valence-corrected chi connectivity index (χ1v) is 8.96. The van der Waals surface area contributed by atoms with E-state index in [2.05, 4.69) is 10.6 Å². The zero-order valence-corrected chi connectivity index (χ0v) is 15.4. The molecule has 1 amide bonds. The van der Waals surface area contributed by atoms with Crippen LogP contribution in [-0.4, -0.2) is 16.9 Å². The first-order chi connectivity index (χ1) is 13.5. The number of nitrogens with one attached hydrogen (secondary N) is 2. The maximum atomic E-state index is 12.6. The number of non-ortho nitro benzene ring substituents is 1. The fourth-order valence-electron chi connectivity index (χ4n) is 2.92. The fourth-order valence-corrected chi connectivity index (χ4v) is 2.92. The third-order valence-corrected chi connectivity index (χ3v) is 4.42. The van der Waals surface area contributed by atoms with Gasteiger partial charge in [-0.1, -0.05) is 60.7 Å². The van der Waals surface area contributed by atoms with E-state index < -0.39 is 11.0 Å². The number of amides is 1. The second kappa shape index (κ2) is 8.92. The van der Waals surface area contributed by atoms with Gasteiger partial charge in [0.2, 0.25) is 5.91 Å². The van der Waals surface area contributed by atoms with Crippen molar-refractivity contribution >= 4 is 17.3 Å². The molecule has 0 aliphatic carbocycles. The Kier molecular flexibility index (Phi) is 6.14. The van der Waals surface area contributed by atoms with Gasteiger partial charge in [0, 0.05) is 17.8 Å². The molecule has 1 atom stereocenters. The largest absolute Gasteiger partial charge is 0.325 e. The number of hydrogen-bond acceptors (Lipinski definition) is 4. The fraction of sp³-hybridized carbons (Fsp3) is 0.136. The van der Waals surface area contributed by atoms with Crippen molar-refractivity contribution in [2.45, 2.75) is 19.0 Å². The van der Waals surface area contributed by atoms with Gasteiger partial charge < -0.3 is 5.32 Å². The average molecular weight is 375 g/mol. The third kappa shape index (κ3) is 4.81. The molecule has 3 rings (SSSR count). The predicted molar refractivity (Wildman–Crippen MR) is 109 cm³/mol. The highest BCUT2D eigenvalue weighted by Crippen LogP contribution is 2.23. The van der Waals surface area contributed by atoms with Gasteiger partial charge in [0.05, 0.1) is 17.0 Å². The number of hydrogen-bond donors (Lipinski definition) is 2. The van der Waals surface area contributed by atoms with Gasteiger partial charge in [0.15, 0.2) is 0 Å². The van der Waals surface area contributed by atoms with Crippen molar-refractivity contribution < 1.29 is 9.72 Å². The van der Waals surface area contributed by atoms with E-state index in [0.717, 1.165) is 11.1 Å². The molecular weight excluding hydrogens is 354 g/mol. The molecule has 142 valence electrons. The second-order valence-electron chi connectivity index (χ2n) is 6.44. The summed E-state index contributed by atoms with van der Waals surface area (Å²) in [4.78, 5) is 22.9. The Labute approximate surface area is 163 Å². The molecule has 6 heteroatoms. The van der Waals surface area contributed by atoms with Crippen LogP contribution in [0.3, 0.4) is 0 Å². The molecule has 6 nitrogen and oxygen atoms in total. The van der Waals surface area contributed by atoms with Crippen molar-refractivity contribution in [3.8, 4) is 0 Å². The summed E-state index contributed by atoms with van der Waals surface area (Å²) < 4.78 is 0. The lowest BCUT2D eigenvalue weighted by Crippen LogP contribution is -2.40. The number of benzene rings is 3. The van der Waals surface area contributed by atoms with E-state index in [9.17, 15) is 14.9 Å². The Bertz CT molecular complexity index is 889. The van der Waals surface area contributed by atoms with E-state index >= 15 is 0 Å². The number of carbonyl (C=O) groups is 1. The van der Waals surface area contributed by atoms with E-state index in [-0.39, 0.29) is 17.6 Å². The van der Waals surface area contributed by atoms with E-state index in [1.165, 1.54) is 24.3 Å². The Morgan fingerprint density at radius 1 is 0.857 bits per heavy atom. The molecule has 0 bridgehead atoms. The van der Waals surface area contributed by atoms with Crippen LogP contribution in [0.25, 0.3) is 0 Å². The minimum atomic E-state index is -0.486. The summed E-state index contributed by atoms with van der Waals surface area (Å²) in [5.74, 6) is -0.217. The molecule has 0 aliphatic heterocycles. The van der Waals surface area contributed by atoms with Crippen molar-refractivity contribution in [3.05, 3.63) is 106 Å². The molecule has 3 aromatic carbocycles. The molecule has 0 saturated heterocycles. The van der Waals surface area contributed by atoms with Crippen LogP contribution in [0.15, 0.2) is 84.9 Å². The Morgan fingerprint density at radius 2 is 1.36 bits per heavy atom. The Morgan fingerprint density at radius 3 is 1.82 bits per heavy atom. The summed E-state index contributed by atoms with van der Waals surface area (Å²) in [5, 5.41) is 16.9.